The summed E-state index contributed by atoms with van der Waals surface area (Å²) in [6.45, 7) is 1.76. The van der Waals surface area contributed by atoms with E-state index in [0.29, 0.717) is 5.56 Å². The summed E-state index contributed by atoms with van der Waals surface area (Å²) in [5.41, 5.74) is 0.737. The fourth-order valence-electron chi connectivity index (χ4n) is 3.49. The minimum Gasteiger partial charge on any atom is -0.477 e. The first-order chi connectivity index (χ1) is 13.8. The SMILES string of the molecule is Cc1cc(S(=O)(=O)N2CCO[C@H](c3c(C(=O)O)sc4ccccc34)C2)ccc1F. The lowest BCUT2D eigenvalue weighted by Gasteiger charge is -2.32. The average Bonchev–Trinajstić information content (AvgIpc) is 3.10. The number of nitrogens with zero attached hydrogens (tertiary/aromatic N) is 1. The number of ether oxygens (including phenoxy) is 1. The molecule has 0 saturated carbocycles. The van der Waals surface area contributed by atoms with Gasteiger partial charge in [-0.15, -0.1) is 11.3 Å². The molecule has 152 valence electrons. The fourth-order valence-corrected chi connectivity index (χ4v) is 6.09. The van der Waals surface area contributed by atoms with Crippen LogP contribution in [0.4, 0.5) is 4.39 Å². The van der Waals surface area contributed by atoms with Crippen LogP contribution >= 0.6 is 11.3 Å². The highest BCUT2D eigenvalue weighted by molar-refractivity contribution is 7.89. The van der Waals surface area contributed by atoms with Gasteiger partial charge in [0.05, 0.1) is 17.6 Å². The van der Waals surface area contributed by atoms with E-state index in [4.69, 9.17) is 4.74 Å². The first kappa shape index (κ1) is 20.0. The number of carbonyl (C=O) groups is 1. The summed E-state index contributed by atoms with van der Waals surface area (Å²) >= 11 is 1.15. The molecular weight excluding hydrogens is 417 g/mol. The summed E-state index contributed by atoms with van der Waals surface area (Å²) in [4.78, 5) is 11.9. The Labute approximate surface area is 171 Å². The van der Waals surface area contributed by atoms with Gasteiger partial charge in [-0.05, 0) is 42.1 Å². The summed E-state index contributed by atoms with van der Waals surface area (Å²) in [5, 5.41) is 10.4. The maximum absolute atomic E-state index is 13.6. The van der Waals surface area contributed by atoms with Gasteiger partial charge in [-0.1, -0.05) is 18.2 Å². The van der Waals surface area contributed by atoms with Gasteiger partial charge in [0.25, 0.3) is 0 Å². The van der Waals surface area contributed by atoms with Crippen LogP contribution in [0.2, 0.25) is 0 Å². The predicted octanol–water partition coefficient (Wildman–Crippen LogP) is 3.81. The molecule has 0 amide bonds. The molecule has 1 aliphatic rings. The van der Waals surface area contributed by atoms with Crippen molar-refractivity contribution in [2.75, 3.05) is 19.7 Å². The molecular formula is C20H18FNO5S2. The summed E-state index contributed by atoms with van der Waals surface area (Å²) in [5.74, 6) is -1.54. The van der Waals surface area contributed by atoms with Gasteiger partial charge in [0.15, 0.2) is 0 Å². The monoisotopic (exact) mass is 435 g/mol. The molecule has 2 heterocycles. The molecule has 2 aromatic carbocycles. The molecule has 0 bridgehead atoms. The summed E-state index contributed by atoms with van der Waals surface area (Å²) in [7, 11) is -3.87. The van der Waals surface area contributed by atoms with Crippen molar-refractivity contribution >= 4 is 37.4 Å². The van der Waals surface area contributed by atoms with E-state index in [1.807, 2.05) is 24.3 Å². The molecule has 1 atom stereocenters. The number of halogens is 1. The molecule has 1 fully saturated rings. The fraction of sp³-hybridized carbons (Fsp3) is 0.250. The number of benzene rings is 2. The smallest absolute Gasteiger partial charge is 0.346 e. The third kappa shape index (κ3) is 3.55. The molecule has 0 aliphatic carbocycles. The summed E-state index contributed by atoms with van der Waals surface area (Å²) in [6, 6.07) is 11.0. The third-order valence-corrected chi connectivity index (χ3v) is 7.98. The molecule has 9 heteroatoms. The summed E-state index contributed by atoms with van der Waals surface area (Å²) < 4.78 is 47.6. The van der Waals surface area contributed by atoms with Crippen molar-refractivity contribution in [2.45, 2.75) is 17.9 Å². The maximum Gasteiger partial charge on any atom is 0.346 e. The Bertz CT molecular complexity index is 1200. The van der Waals surface area contributed by atoms with E-state index in [0.717, 1.165) is 27.5 Å². The number of rotatable bonds is 4. The Morgan fingerprint density at radius 1 is 1.28 bits per heavy atom. The maximum atomic E-state index is 13.6. The van der Waals surface area contributed by atoms with Crippen LogP contribution in [0.25, 0.3) is 10.1 Å². The molecule has 29 heavy (non-hydrogen) atoms. The lowest BCUT2D eigenvalue weighted by Crippen LogP contribution is -2.42. The normalized spacial score (nSPS) is 18.2. The van der Waals surface area contributed by atoms with Crippen LogP contribution in [-0.2, 0) is 14.8 Å². The van der Waals surface area contributed by atoms with E-state index in [9.17, 15) is 22.7 Å². The van der Waals surface area contributed by atoms with Crippen molar-refractivity contribution in [3.05, 3.63) is 64.3 Å². The zero-order chi connectivity index (χ0) is 20.8. The minimum atomic E-state index is -3.87. The second-order valence-corrected chi connectivity index (χ2v) is 9.77. The van der Waals surface area contributed by atoms with Crippen molar-refractivity contribution in [1.82, 2.24) is 4.31 Å². The van der Waals surface area contributed by atoms with Crippen molar-refractivity contribution in [2.24, 2.45) is 0 Å². The number of thiophene rings is 1. The minimum absolute atomic E-state index is 0.00526. The van der Waals surface area contributed by atoms with Crippen molar-refractivity contribution in [3.8, 4) is 0 Å². The van der Waals surface area contributed by atoms with Crippen molar-refractivity contribution in [3.63, 3.8) is 0 Å². The number of morpholine rings is 1. The molecule has 4 rings (SSSR count). The van der Waals surface area contributed by atoms with E-state index in [1.165, 1.54) is 23.4 Å². The summed E-state index contributed by atoms with van der Waals surface area (Å²) in [6.07, 6.45) is -0.706. The van der Waals surface area contributed by atoms with Gasteiger partial charge < -0.3 is 9.84 Å². The van der Waals surface area contributed by atoms with Gasteiger partial charge in [0, 0.05) is 23.4 Å². The lowest BCUT2D eigenvalue weighted by molar-refractivity contribution is -0.00220. The van der Waals surface area contributed by atoms with Gasteiger partial charge in [-0.3, -0.25) is 0 Å². The number of carboxylic acid groups (broad SMARTS) is 1. The average molecular weight is 435 g/mol. The Morgan fingerprint density at radius 2 is 2.03 bits per heavy atom. The van der Waals surface area contributed by atoms with Gasteiger partial charge in [0.1, 0.15) is 10.7 Å². The highest BCUT2D eigenvalue weighted by Gasteiger charge is 2.35. The van der Waals surface area contributed by atoms with Crippen LogP contribution in [0.3, 0.4) is 0 Å². The first-order valence-electron chi connectivity index (χ1n) is 8.91. The Balaban J connectivity index is 1.72. The standard InChI is InChI=1S/C20H18FNO5S2/c1-12-10-13(6-7-15(12)21)29(25,26)22-8-9-27-16(11-22)18-14-4-2-3-5-17(14)28-19(18)20(23)24/h2-7,10,16H,8-9,11H2,1H3,(H,23,24)/t16-/m0/s1. The Kier molecular flexibility index (Phi) is 5.16. The largest absolute Gasteiger partial charge is 0.477 e. The zero-order valence-electron chi connectivity index (χ0n) is 15.5. The molecule has 6 nitrogen and oxygen atoms in total. The van der Waals surface area contributed by atoms with E-state index >= 15 is 0 Å². The molecule has 1 aromatic heterocycles. The molecule has 1 N–H and O–H groups in total. The number of fused-ring (bicyclic) bond motifs is 1. The number of aryl methyl sites for hydroxylation is 1. The number of hydrogen-bond donors (Lipinski definition) is 1. The Morgan fingerprint density at radius 3 is 2.76 bits per heavy atom. The van der Waals surface area contributed by atoms with Crippen LogP contribution in [0, 0.1) is 12.7 Å². The molecule has 0 unspecified atom stereocenters. The molecule has 1 saturated heterocycles. The second kappa shape index (κ2) is 7.49. The zero-order valence-corrected chi connectivity index (χ0v) is 17.1. The van der Waals surface area contributed by atoms with Gasteiger partial charge in [-0.25, -0.2) is 17.6 Å². The van der Waals surface area contributed by atoms with Gasteiger partial charge in [0.2, 0.25) is 10.0 Å². The highest BCUT2D eigenvalue weighted by Crippen LogP contribution is 2.39. The van der Waals surface area contributed by atoms with E-state index < -0.39 is 27.9 Å². The first-order valence-corrected chi connectivity index (χ1v) is 11.2. The topological polar surface area (TPSA) is 83.9 Å². The number of aromatic carboxylic acids is 1. The quantitative estimate of drug-likeness (QED) is 0.674. The number of hydrogen-bond acceptors (Lipinski definition) is 5. The molecule has 3 aromatic rings. The van der Waals surface area contributed by atoms with E-state index in [-0.39, 0.29) is 35.0 Å². The van der Waals surface area contributed by atoms with Crippen molar-refractivity contribution in [1.29, 1.82) is 0 Å². The van der Waals surface area contributed by atoms with Crippen molar-refractivity contribution < 1.29 is 27.4 Å². The third-order valence-electron chi connectivity index (χ3n) is 4.95. The lowest BCUT2D eigenvalue weighted by atomic mass is 10.0. The predicted molar refractivity (Wildman–Crippen MR) is 107 cm³/mol. The number of carboxylic acids is 1. The second-order valence-electron chi connectivity index (χ2n) is 6.78. The Hall–Kier alpha value is -2.33. The van der Waals surface area contributed by atoms with Crippen LogP contribution in [-0.4, -0.2) is 43.5 Å². The van der Waals surface area contributed by atoms with Crippen LogP contribution in [0.5, 0.6) is 0 Å². The van der Waals surface area contributed by atoms with E-state index in [1.54, 1.807) is 0 Å². The van der Waals surface area contributed by atoms with Crippen LogP contribution in [0.1, 0.15) is 26.9 Å². The van der Waals surface area contributed by atoms with Crippen LogP contribution in [0.15, 0.2) is 47.4 Å². The number of sulfonamides is 1. The highest BCUT2D eigenvalue weighted by atomic mass is 32.2. The molecule has 0 radical (unpaired) electrons. The molecule has 1 aliphatic heterocycles. The van der Waals surface area contributed by atoms with Gasteiger partial charge in [-0.2, -0.15) is 4.31 Å². The van der Waals surface area contributed by atoms with Gasteiger partial charge >= 0.3 is 5.97 Å². The molecule has 0 spiro atoms. The van der Waals surface area contributed by atoms with E-state index in [2.05, 4.69) is 0 Å². The van der Waals surface area contributed by atoms with Crippen LogP contribution < -0.4 is 0 Å².